The van der Waals surface area contributed by atoms with Crippen molar-refractivity contribution >= 4 is 17.8 Å². The van der Waals surface area contributed by atoms with Crippen molar-refractivity contribution in [3.63, 3.8) is 0 Å². The first-order valence-electron chi connectivity index (χ1n) is 5.71. The number of hydrogen-bond acceptors (Lipinski definition) is 6. The highest BCUT2D eigenvalue weighted by Crippen LogP contribution is 1.93. The van der Waals surface area contributed by atoms with E-state index in [0.29, 0.717) is 0 Å². The van der Waals surface area contributed by atoms with Crippen LogP contribution in [0.3, 0.4) is 0 Å². The van der Waals surface area contributed by atoms with Crippen LogP contribution >= 0.6 is 0 Å². The summed E-state index contributed by atoms with van der Waals surface area (Å²) in [5.74, 6) is -1.21. The zero-order valence-corrected chi connectivity index (χ0v) is 10.2. The van der Waals surface area contributed by atoms with E-state index in [-0.39, 0.29) is 6.54 Å². The van der Waals surface area contributed by atoms with Gasteiger partial charge in [-0.2, -0.15) is 0 Å². The van der Waals surface area contributed by atoms with Crippen LogP contribution in [0.2, 0.25) is 0 Å². The monoisotopic (exact) mass is 283 g/mol. The lowest BCUT2D eigenvalue weighted by Gasteiger charge is -2.18. The third kappa shape index (κ3) is 3.20. The normalized spacial score (nSPS) is 18.9. The molecule has 5 N–H and O–H groups in total. The van der Waals surface area contributed by atoms with Crippen LogP contribution in [0.15, 0.2) is 12.7 Å². The summed E-state index contributed by atoms with van der Waals surface area (Å²) in [5, 5.41) is 23.2. The van der Waals surface area contributed by atoms with Crippen molar-refractivity contribution in [3.8, 4) is 0 Å². The molecule has 1 aliphatic heterocycles. The van der Waals surface area contributed by atoms with Gasteiger partial charge < -0.3 is 21.1 Å². The van der Waals surface area contributed by atoms with Crippen LogP contribution in [0.1, 0.15) is 0 Å². The lowest BCUT2D eigenvalue weighted by molar-refractivity contribution is -0.128. The highest BCUT2D eigenvalue weighted by atomic mass is 16.3. The number of nitrogens with zero attached hydrogens (tertiary/aromatic N) is 3. The number of aliphatic hydroxyl groups is 1. The van der Waals surface area contributed by atoms with Crippen LogP contribution in [0.25, 0.3) is 0 Å². The minimum atomic E-state index is -1.15. The van der Waals surface area contributed by atoms with E-state index < -0.39 is 36.5 Å². The molecular weight excluding hydrogens is 270 g/mol. The molecule has 2 heterocycles. The molecule has 2 atom stereocenters. The second-order valence-electron chi connectivity index (χ2n) is 4.00. The summed E-state index contributed by atoms with van der Waals surface area (Å²) in [6.07, 6.45) is 2.49. The van der Waals surface area contributed by atoms with Gasteiger partial charge in [0.05, 0.1) is 6.61 Å². The molecule has 1 unspecified atom stereocenters. The molecule has 4 amide bonds. The van der Waals surface area contributed by atoms with E-state index in [1.54, 1.807) is 0 Å². The first kappa shape index (κ1) is 13.7. The molecule has 11 heteroatoms. The van der Waals surface area contributed by atoms with Gasteiger partial charge in [0, 0.05) is 6.54 Å². The summed E-state index contributed by atoms with van der Waals surface area (Å²) in [6.45, 7) is -0.469. The summed E-state index contributed by atoms with van der Waals surface area (Å²) in [7, 11) is 0. The minimum Gasteiger partial charge on any atom is -0.394 e. The van der Waals surface area contributed by atoms with Gasteiger partial charge in [0.25, 0.3) is 5.91 Å². The first-order valence-corrected chi connectivity index (χ1v) is 5.71. The molecule has 1 aromatic rings. The largest absolute Gasteiger partial charge is 0.394 e. The zero-order valence-electron chi connectivity index (χ0n) is 10.2. The average Bonchev–Trinajstić information content (AvgIpc) is 3.07. The SMILES string of the molecule is O=C1NCC(C(=O)N[C@@H](CO)C(=O)Nn2cnnc2)N1. The molecule has 0 aliphatic carbocycles. The van der Waals surface area contributed by atoms with Gasteiger partial charge in [-0.05, 0) is 0 Å². The number of nitrogens with one attached hydrogen (secondary N) is 4. The Morgan fingerprint density at radius 3 is 2.75 bits per heavy atom. The summed E-state index contributed by atoms with van der Waals surface area (Å²) in [4.78, 5) is 34.5. The lowest BCUT2D eigenvalue weighted by Crippen LogP contribution is -2.53. The number of amides is 4. The number of urea groups is 1. The van der Waals surface area contributed by atoms with Gasteiger partial charge in [0.1, 0.15) is 24.7 Å². The molecule has 0 spiro atoms. The standard InChI is InChI=1S/C9H13N7O4/c17-2-6(8(19)15-16-3-11-12-4-16)13-7(18)5-1-10-9(20)14-5/h3-6,17H,1-2H2,(H,13,18)(H,15,19)(H2,10,14,20)/t5?,6-/m0/s1. The molecule has 1 saturated heterocycles. The summed E-state index contributed by atoms with van der Waals surface area (Å²) >= 11 is 0. The van der Waals surface area contributed by atoms with Gasteiger partial charge in [-0.1, -0.05) is 0 Å². The van der Waals surface area contributed by atoms with Crippen molar-refractivity contribution in [2.45, 2.75) is 12.1 Å². The van der Waals surface area contributed by atoms with Crippen LogP contribution < -0.4 is 21.4 Å². The maximum Gasteiger partial charge on any atom is 0.315 e. The smallest absolute Gasteiger partial charge is 0.315 e. The lowest BCUT2D eigenvalue weighted by atomic mass is 10.2. The topological polar surface area (TPSA) is 150 Å². The molecule has 1 aliphatic rings. The van der Waals surface area contributed by atoms with Crippen LogP contribution in [0.4, 0.5) is 4.79 Å². The Hall–Kier alpha value is -2.69. The maximum absolute atomic E-state index is 11.8. The number of carbonyl (C=O) groups is 3. The Balaban J connectivity index is 1.89. The third-order valence-corrected chi connectivity index (χ3v) is 2.56. The summed E-state index contributed by atoms with van der Waals surface area (Å²) in [5.41, 5.74) is 2.35. The van der Waals surface area contributed by atoms with Crippen LogP contribution in [-0.2, 0) is 9.59 Å². The van der Waals surface area contributed by atoms with E-state index >= 15 is 0 Å². The molecular formula is C9H13N7O4. The quantitative estimate of drug-likeness (QED) is 0.378. The average molecular weight is 283 g/mol. The van der Waals surface area contributed by atoms with Gasteiger partial charge in [0.15, 0.2) is 0 Å². The first-order chi connectivity index (χ1) is 9.60. The number of carbonyl (C=O) groups excluding carboxylic acids is 3. The molecule has 1 fully saturated rings. The maximum atomic E-state index is 11.8. The number of aromatic nitrogens is 3. The predicted octanol–water partition coefficient (Wildman–Crippen LogP) is -3.49. The highest BCUT2D eigenvalue weighted by molar-refractivity contribution is 5.95. The Kier molecular flexibility index (Phi) is 4.10. The number of aliphatic hydroxyl groups excluding tert-OH is 1. The molecule has 0 aromatic carbocycles. The van der Waals surface area contributed by atoms with Crippen molar-refractivity contribution < 1.29 is 19.5 Å². The molecule has 11 nitrogen and oxygen atoms in total. The summed E-state index contributed by atoms with van der Waals surface area (Å²) in [6, 6.07) is -2.39. The van der Waals surface area contributed by atoms with E-state index in [9.17, 15) is 14.4 Å². The molecule has 0 bridgehead atoms. The minimum absolute atomic E-state index is 0.121. The van der Waals surface area contributed by atoms with E-state index in [1.165, 1.54) is 17.3 Å². The van der Waals surface area contributed by atoms with Crippen LogP contribution in [0.5, 0.6) is 0 Å². The van der Waals surface area contributed by atoms with Gasteiger partial charge in [-0.3, -0.25) is 15.0 Å². The Labute approximate surface area is 112 Å². The molecule has 20 heavy (non-hydrogen) atoms. The Morgan fingerprint density at radius 2 is 2.20 bits per heavy atom. The Bertz CT molecular complexity index is 502. The van der Waals surface area contributed by atoms with Crippen LogP contribution in [-0.4, -0.2) is 63.1 Å². The third-order valence-electron chi connectivity index (χ3n) is 2.56. The fourth-order valence-electron chi connectivity index (χ4n) is 1.54. The number of rotatable bonds is 5. The van der Waals surface area contributed by atoms with Gasteiger partial charge in [-0.15, -0.1) is 10.2 Å². The molecule has 0 radical (unpaired) electrons. The second-order valence-corrected chi connectivity index (χ2v) is 4.00. The molecule has 0 saturated carbocycles. The zero-order chi connectivity index (χ0) is 14.5. The van der Waals surface area contributed by atoms with Gasteiger partial charge >= 0.3 is 6.03 Å². The van der Waals surface area contributed by atoms with E-state index in [1.807, 2.05) is 0 Å². The fourth-order valence-corrected chi connectivity index (χ4v) is 1.54. The van der Waals surface area contributed by atoms with Crippen molar-refractivity contribution in [1.82, 2.24) is 30.8 Å². The second kappa shape index (κ2) is 5.97. The van der Waals surface area contributed by atoms with Crippen molar-refractivity contribution in [3.05, 3.63) is 12.7 Å². The van der Waals surface area contributed by atoms with Gasteiger partial charge in [-0.25, -0.2) is 9.47 Å². The molecule has 1 aromatic heterocycles. The van der Waals surface area contributed by atoms with Crippen LogP contribution in [0, 0.1) is 0 Å². The van der Waals surface area contributed by atoms with Crippen molar-refractivity contribution in [2.75, 3.05) is 18.6 Å². The molecule has 108 valence electrons. The van der Waals surface area contributed by atoms with Gasteiger partial charge in [0.2, 0.25) is 5.91 Å². The molecule has 2 rings (SSSR count). The number of hydrogen-bond donors (Lipinski definition) is 5. The van der Waals surface area contributed by atoms with E-state index in [4.69, 9.17) is 5.11 Å². The Morgan fingerprint density at radius 1 is 1.50 bits per heavy atom. The van der Waals surface area contributed by atoms with E-state index in [2.05, 4.69) is 31.6 Å². The summed E-state index contributed by atoms with van der Waals surface area (Å²) < 4.78 is 1.18. The van der Waals surface area contributed by atoms with Crippen molar-refractivity contribution in [2.24, 2.45) is 0 Å². The van der Waals surface area contributed by atoms with Crippen molar-refractivity contribution in [1.29, 1.82) is 0 Å². The highest BCUT2D eigenvalue weighted by Gasteiger charge is 2.30. The predicted molar refractivity (Wildman–Crippen MR) is 63.7 cm³/mol. The van der Waals surface area contributed by atoms with E-state index in [0.717, 1.165) is 0 Å². The fraction of sp³-hybridized carbons (Fsp3) is 0.444.